The van der Waals surface area contributed by atoms with Gasteiger partial charge in [0.2, 0.25) is 0 Å². The summed E-state index contributed by atoms with van der Waals surface area (Å²) in [5.74, 6) is 0. The molecule has 1 aromatic rings. The van der Waals surface area contributed by atoms with E-state index in [0.717, 1.165) is 4.47 Å². The maximum absolute atomic E-state index is 3.35. The molecule has 0 atom stereocenters. The summed E-state index contributed by atoms with van der Waals surface area (Å²) in [5.41, 5.74) is 1.30. The number of aryl methyl sites for hydroxylation is 1. The lowest BCUT2D eigenvalue weighted by atomic mass is 10.2. The molecule has 0 radical (unpaired) electrons. The topological polar surface area (TPSA) is 0 Å². The van der Waals surface area contributed by atoms with E-state index >= 15 is 0 Å². The van der Waals surface area contributed by atoms with Crippen molar-refractivity contribution in [2.24, 2.45) is 0 Å². The highest BCUT2D eigenvalue weighted by Gasteiger charge is 1.95. The van der Waals surface area contributed by atoms with Gasteiger partial charge < -0.3 is 0 Å². The second kappa shape index (κ2) is 6.20. The standard InChI is InChI=1S/C7H7Br.C5H10/c1-6-2-4-7(8)5-3-6;1-2-4-5-3-1/h2-5H,1H3;1-5H2. The molecule has 0 nitrogen and oxygen atoms in total. The number of benzene rings is 1. The van der Waals surface area contributed by atoms with Gasteiger partial charge in [-0.3, -0.25) is 0 Å². The summed E-state index contributed by atoms with van der Waals surface area (Å²) >= 11 is 3.35. The highest BCUT2D eigenvalue weighted by Crippen LogP contribution is 2.15. The molecule has 0 bridgehead atoms. The van der Waals surface area contributed by atoms with E-state index in [1.165, 1.54) is 37.7 Å². The van der Waals surface area contributed by atoms with Crippen LogP contribution in [0.4, 0.5) is 0 Å². The van der Waals surface area contributed by atoms with E-state index in [1.807, 2.05) is 12.1 Å². The average Bonchev–Trinajstić information content (AvgIpc) is 2.68. The van der Waals surface area contributed by atoms with Crippen LogP contribution in [0.3, 0.4) is 0 Å². The number of hydrogen-bond acceptors (Lipinski definition) is 0. The van der Waals surface area contributed by atoms with E-state index in [9.17, 15) is 0 Å². The van der Waals surface area contributed by atoms with Crippen LogP contribution in [0.2, 0.25) is 0 Å². The van der Waals surface area contributed by atoms with Crippen molar-refractivity contribution in [3.8, 4) is 0 Å². The van der Waals surface area contributed by atoms with Gasteiger partial charge in [-0.15, -0.1) is 0 Å². The normalized spacial score (nSPS) is 14.9. The predicted octanol–water partition coefficient (Wildman–Crippen LogP) is 4.71. The Morgan fingerprint density at radius 3 is 1.54 bits per heavy atom. The van der Waals surface area contributed by atoms with E-state index in [2.05, 4.69) is 35.0 Å². The van der Waals surface area contributed by atoms with Gasteiger partial charge in [0, 0.05) is 4.47 Å². The Balaban J connectivity index is 0.000000145. The van der Waals surface area contributed by atoms with Gasteiger partial charge in [0.05, 0.1) is 0 Å². The van der Waals surface area contributed by atoms with E-state index < -0.39 is 0 Å². The first-order chi connectivity index (χ1) is 6.29. The van der Waals surface area contributed by atoms with E-state index in [0.29, 0.717) is 0 Å². The summed E-state index contributed by atoms with van der Waals surface area (Å²) in [5, 5.41) is 0. The van der Waals surface area contributed by atoms with Crippen LogP contribution in [-0.4, -0.2) is 0 Å². The predicted molar refractivity (Wildman–Crippen MR) is 62.0 cm³/mol. The summed E-state index contributed by atoms with van der Waals surface area (Å²) in [6, 6.07) is 8.22. The zero-order valence-electron chi connectivity index (χ0n) is 8.22. The molecular weight excluding hydrogens is 224 g/mol. The summed E-state index contributed by atoms with van der Waals surface area (Å²) in [6.07, 6.45) is 7.50. The molecule has 1 heteroatoms. The van der Waals surface area contributed by atoms with Crippen molar-refractivity contribution in [2.45, 2.75) is 39.0 Å². The third kappa shape index (κ3) is 5.09. The molecule has 72 valence electrons. The maximum atomic E-state index is 3.35. The first kappa shape index (κ1) is 10.8. The summed E-state index contributed by atoms with van der Waals surface area (Å²) in [4.78, 5) is 0. The first-order valence-electron chi connectivity index (χ1n) is 5.01. The van der Waals surface area contributed by atoms with Gasteiger partial charge in [0.1, 0.15) is 0 Å². The summed E-state index contributed by atoms with van der Waals surface area (Å²) in [7, 11) is 0. The zero-order valence-corrected chi connectivity index (χ0v) is 9.81. The van der Waals surface area contributed by atoms with Crippen molar-refractivity contribution in [1.82, 2.24) is 0 Å². The minimum absolute atomic E-state index is 1.14. The Morgan fingerprint density at radius 2 is 1.23 bits per heavy atom. The van der Waals surface area contributed by atoms with Gasteiger partial charge in [0.15, 0.2) is 0 Å². The minimum atomic E-state index is 1.14. The lowest BCUT2D eigenvalue weighted by molar-refractivity contribution is 0.886. The van der Waals surface area contributed by atoms with Crippen molar-refractivity contribution < 1.29 is 0 Å². The molecule has 1 aliphatic carbocycles. The van der Waals surface area contributed by atoms with Crippen molar-refractivity contribution >= 4 is 15.9 Å². The molecule has 1 aliphatic rings. The lowest BCUT2D eigenvalue weighted by Gasteiger charge is -1.88. The van der Waals surface area contributed by atoms with Crippen molar-refractivity contribution in [2.75, 3.05) is 0 Å². The third-order valence-electron chi connectivity index (χ3n) is 2.26. The van der Waals surface area contributed by atoms with Crippen LogP contribution in [0.5, 0.6) is 0 Å². The molecule has 1 fully saturated rings. The lowest BCUT2D eigenvalue weighted by Crippen LogP contribution is -1.66. The molecule has 0 saturated heterocycles. The Bertz CT molecular complexity index is 193. The highest BCUT2D eigenvalue weighted by molar-refractivity contribution is 9.10. The van der Waals surface area contributed by atoms with Gasteiger partial charge >= 0.3 is 0 Å². The number of hydrogen-bond donors (Lipinski definition) is 0. The van der Waals surface area contributed by atoms with Crippen molar-refractivity contribution in [3.63, 3.8) is 0 Å². The van der Waals surface area contributed by atoms with E-state index in [-0.39, 0.29) is 0 Å². The zero-order chi connectivity index (χ0) is 9.52. The van der Waals surface area contributed by atoms with Crippen LogP contribution < -0.4 is 0 Å². The minimum Gasteiger partial charge on any atom is -0.0582 e. The molecule has 0 aromatic heterocycles. The average molecular weight is 241 g/mol. The molecule has 13 heavy (non-hydrogen) atoms. The molecule has 2 rings (SSSR count). The number of rotatable bonds is 0. The van der Waals surface area contributed by atoms with Crippen LogP contribution in [0, 0.1) is 6.92 Å². The van der Waals surface area contributed by atoms with Crippen LogP contribution >= 0.6 is 15.9 Å². The largest absolute Gasteiger partial charge is 0.0582 e. The Labute approximate surface area is 89.5 Å². The Kier molecular flexibility index (Phi) is 5.14. The summed E-state index contributed by atoms with van der Waals surface area (Å²) in [6.45, 7) is 2.08. The second-order valence-electron chi connectivity index (χ2n) is 3.56. The molecule has 0 N–H and O–H groups in total. The first-order valence-corrected chi connectivity index (χ1v) is 5.80. The molecule has 1 aromatic carbocycles. The summed E-state index contributed by atoms with van der Waals surface area (Å²) < 4.78 is 1.14. The molecule has 0 spiro atoms. The molecule has 0 amide bonds. The van der Waals surface area contributed by atoms with E-state index in [1.54, 1.807) is 0 Å². The van der Waals surface area contributed by atoms with Gasteiger partial charge in [0.25, 0.3) is 0 Å². The molecule has 1 saturated carbocycles. The smallest absolute Gasteiger partial charge is 0.0175 e. The van der Waals surface area contributed by atoms with Crippen molar-refractivity contribution in [1.29, 1.82) is 0 Å². The van der Waals surface area contributed by atoms with Gasteiger partial charge in [-0.05, 0) is 19.1 Å². The monoisotopic (exact) mass is 240 g/mol. The quantitative estimate of drug-likeness (QED) is 0.617. The highest BCUT2D eigenvalue weighted by atomic mass is 79.9. The van der Waals surface area contributed by atoms with Gasteiger partial charge in [-0.1, -0.05) is 65.7 Å². The fraction of sp³-hybridized carbons (Fsp3) is 0.500. The van der Waals surface area contributed by atoms with Gasteiger partial charge in [-0.25, -0.2) is 0 Å². The molecule has 0 unspecified atom stereocenters. The Morgan fingerprint density at radius 1 is 0.846 bits per heavy atom. The van der Waals surface area contributed by atoms with Crippen LogP contribution in [0.15, 0.2) is 28.7 Å². The number of halogens is 1. The molecule has 0 heterocycles. The molecule has 0 aliphatic heterocycles. The van der Waals surface area contributed by atoms with E-state index in [4.69, 9.17) is 0 Å². The SMILES string of the molecule is C1CCCC1.Cc1ccc(Br)cc1. The van der Waals surface area contributed by atoms with Crippen LogP contribution in [0.25, 0.3) is 0 Å². The maximum Gasteiger partial charge on any atom is 0.0175 e. The van der Waals surface area contributed by atoms with Crippen LogP contribution in [0.1, 0.15) is 37.7 Å². The fourth-order valence-corrected chi connectivity index (χ4v) is 1.68. The van der Waals surface area contributed by atoms with Crippen LogP contribution in [-0.2, 0) is 0 Å². The second-order valence-corrected chi connectivity index (χ2v) is 4.48. The third-order valence-corrected chi connectivity index (χ3v) is 2.79. The van der Waals surface area contributed by atoms with Gasteiger partial charge in [-0.2, -0.15) is 0 Å². The fourth-order valence-electron chi connectivity index (χ4n) is 1.42. The molecular formula is C12H17Br. The Hall–Kier alpha value is -0.300. The van der Waals surface area contributed by atoms with Crippen molar-refractivity contribution in [3.05, 3.63) is 34.3 Å².